The topological polar surface area (TPSA) is 49.4 Å². The van der Waals surface area contributed by atoms with Gasteiger partial charge in [0.1, 0.15) is 6.04 Å². The molecular formula is C21H24Cl2N2O2S. The Morgan fingerprint density at radius 1 is 1.11 bits per heavy atom. The van der Waals surface area contributed by atoms with Crippen molar-refractivity contribution >= 4 is 46.8 Å². The van der Waals surface area contributed by atoms with E-state index in [2.05, 4.69) is 5.32 Å². The van der Waals surface area contributed by atoms with Crippen LogP contribution in [0.4, 0.5) is 0 Å². The molecule has 1 atom stereocenters. The number of amides is 2. The molecule has 2 aromatic carbocycles. The Morgan fingerprint density at radius 3 is 2.43 bits per heavy atom. The first-order chi connectivity index (χ1) is 13.4. The van der Waals surface area contributed by atoms with Crippen LogP contribution in [0.2, 0.25) is 10.0 Å². The summed E-state index contributed by atoms with van der Waals surface area (Å²) < 4.78 is 0. The van der Waals surface area contributed by atoms with Crippen LogP contribution >= 0.6 is 35.0 Å². The first-order valence-electron chi connectivity index (χ1n) is 9.11. The monoisotopic (exact) mass is 438 g/mol. The molecule has 0 saturated heterocycles. The largest absolute Gasteiger partial charge is 0.355 e. The number of halogens is 2. The second-order valence-corrected chi connectivity index (χ2v) is 8.25. The molecule has 0 heterocycles. The third-order valence-electron chi connectivity index (χ3n) is 4.22. The van der Waals surface area contributed by atoms with E-state index in [1.165, 1.54) is 0 Å². The summed E-state index contributed by atoms with van der Waals surface area (Å²) in [7, 11) is 0. The van der Waals surface area contributed by atoms with Gasteiger partial charge in [-0.2, -0.15) is 0 Å². The lowest BCUT2D eigenvalue weighted by Crippen LogP contribution is -2.47. The second kappa shape index (κ2) is 11.3. The molecule has 2 aromatic rings. The maximum absolute atomic E-state index is 12.9. The number of hydrogen-bond donors (Lipinski definition) is 1. The fourth-order valence-electron chi connectivity index (χ4n) is 2.65. The SMILES string of the molecule is CCNC(=O)[C@H](C)N(Cc1ccccc1Cl)C(=O)CCSc1ccc(Cl)cc1. The van der Waals surface area contributed by atoms with Gasteiger partial charge >= 0.3 is 0 Å². The maximum Gasteiger partial charge on any atom is 0.242 e. The molecule has 28 heavy (non-hydrogen) atoms. The minimum Gasteiger partial charge on any atom is -0.355 e. The van der Waals surface area contributed by atoms with Gasteiger partial charge in [0.05, 0.1) is 0 Å². The molecule has 0 fully saturated rings. The Labute approximate surface area is 180 Å². The zero-order chi connectivity index (χ0) is 20.5. The summed E-state index contributed by atoms with van der Waals surface area (Å²) in [6.45, 7) is 4.41. The number of likely N-dealkylation sites (N-methyl/N-ethyl adjacent to an activating group) is 1. The summed E-state index contributed by atoms with van der Waals surface area (Å²) in [5.41, 5.74) is 0.819. The quantitative estimate of drug-likeness (QED) is 0.558. The summed E-state index contributed by atoms with van der Waals surface area (Å²) in [5.74, 6) is 0.357. The molecule has 0 saturated carbocycles. The van der Waals surface area contributed by atoms with Crippen LogP contribution in [0.25, 0.3) is 0 Å². The average molecular weight is 439 g/mol. The van der Waals surface area contributed by atoms with Gasteiger partial charge in [0.15, 0.2) is 0 Å². The number of hydrogen-bond acceptors (Lipinski definition) is 3. The molecule has 2 amide bonds. The number of carbonyl (C=O) groups excluding carboxylic acids is 2. The zero-order valence-electron chi connectivity index (χ0n) is 16.0. The Kier molecular flexibility index (Phi) is 9.16. The normalized spacial score (nSPS) is 11.7. The van der Waals surface area contributed by atoms with E-state index >= 15 is 0 Å². The Hall–Kier alpha value is -1.69. The van der Waals surface area contributed by atoms with Crippen molar-refractivity contribution in [3.05, 3.63) is 64.1 Å². The highest BCUT2D eigenvalue weighted by molar-refractivity contribution is 7.99. The Morgan fingerprint density at radius 2 is 1.79 bits per heavy atom. The Bertz CT molecular complexity index is 799. The van der Waals surface area contributed by atoms with E-state index in [-0.39, 0.29) is 11.8 Å². The van der Waals surface area contributed by atoms with Gasteiger partial charge in [0.25, 0.3) is 0 Å². The van der Waals surface area contributed by atoms with Crippen LogP contribution in [0.5, 0.6) is 0 Å². The summed E-state index contributed by atoms with van der Waals surface area (Å²) in [6, 6.07) is 14.3. The van der Waals surface area contributed by atoms with Gasteiger partial charge in [-0.15, -0.1) is 11.8 Å². The molecule has 150 valence electrons. The van der Waals surface area contributed by atoms with Crippen molar-refractivity contribution in [1.29, 1.82) is 0 Å². The summed E-state index contributed by atoms with van der Waals surface area (Å²) in [5, 5.41) is 4.05. The first-order valence-corrected chi connectivity index (χ1v) is 10.9. The number of carbonyl (C=O) groups is 2. The van der Waals surface area contributed by atoms with Crippen molar-refractivity contribution in [2.45, 2.75) is 37.8 Å². The lowest BCUT2D eigenvalue weighted by Gasteiger charge is -2.29. The number of thioether (sulfide) groups is 1. The van der Waals surface area contributed by atoms with Crippen molar-refractivity contribution in [1.82, 2.24) is 10.2 Å². The molecule has 4 nitrogen and oxygen atoms in total. The van der Waals surface area contributed by atoms with Gasteiger partial charge in [-0.05, 0) is 49.7 Å². The van der Waals surface area contributed by atoms with Gasteiger partial charge in [0, 0.05) is 40.2 Å². The lowest BCUT2D eigenvalue weighted by atomic mass is 10.1. The average Bonchev–Trinajstić information content (AvgIpc) is 2.68. The summed E-state index contributed by atoms with van der Waals surface area (Å²) in [6.07, 6.45) is 0.321. The fraction of sp³-hybridized carbons (Fsp3) is 0.333. The first kappa shape index (κ1) is 22.6. The standard InChI is InChI=1S/C21H24Cl2N2O2S/c1-3-24-21(27)15(2)25(14-16-6-4-5-7-19(16)23)20(26)12-13-28-18-10-8-17(22)9-11-18/h4-11,15H,3,12-14H2,1-2H3,(H,24,27)/t15-/m0/s1. The van der Waals surface area contributed by atoms with E-state index in [0.29, 0.717) is 35.3 Å². The highest BCUT2D eigenvalue weighted by atomic mass is 35.5. The molecule has 0 radical (unpaired) electrons. The molecule has 1 N–H and O–H groups in total. The van der Waals surface area contributed by atoms with Crippen molar-refractivity contribution in [3.63, 3.8) is 0 Å². The van der Waals surface area contributed by atoms with Crippen LogP contribution in [0.3, 0.4) is 0 Å². The fourth-order valence-corrected chi connectivity index (χ4v) is 3.81. The van der Waals surface area contributed by atoms with Crippen LogP contribution in [0, 0.1) is 0 Å². The van der Waals surface area contributed by atoms with E-state index in [4.69, 9.17) is 23.2 Å². The highest BCUT2D eigenvalue weighted by Crippen LogP contribution is 2.23. The minimum atomic E-state index is -0.579. The molecule has 0 spiro atoms. The van der Waals surface area contributed by atoms with E-state index < -0.39 is 6.04 Å². The molecule has 0 aliphatic heterocycles. The second-order valence-electron chi connectivity index (χ2n) is 6.24. The predicted molar refractivity (Wildman–Crippen MR) is 117 cm³/mol. The summed E-state index contributed by atoms with van der Waals surface area (Å²) >= 11 is 13.7. The number of rotatable bonds is 9. The van der Waals surface area contributed by atoms with Crippen LogP contribution in [-0.4, -0.2) is 35.1 Å². The van der Waals surface area contributed by atoms with Gasteiger partial charge in [-0.1, -0.05) is 41.4 Å². The zero-order valence-corrected chi connectivity index (χ0v) is 18.3. The number of nitrogens with one attached hydrogen (secondary N) is 1. The molecule has 2 rings (SSSR count). The van der Waals surface area contributed by atoms with Crippen molar-refractivity contribution < 1.29 is 9.59 Å². The molecule has 7 heteroatoms. The minimum absolute atomic E-state index is 0.0832. The number of nitrogens with zero attached hydrogens (tertiary/aromatic N) is 1. The molecule has 0 bridgehead atoms. The van der Waals surface area contributed by atoms with E-state index in [0.717, 1.165) is 10.5 Å². The molecule has 0 unspecified atom stereocenters. The van der Waals surface area contributed by atoms with Crippen molar-refractivity contribution in [3.8, 4) is 0 Å². The molecule has 0 aliphatic carbocycles. The third-order valence-corrected chi connectivity index (χ3v) is 5.85. The predicted octanol–water partition coefficient (Wildman–Crippen LogP) is 5.03. The van der Waals surface area contributed by atoms with Gasteiger partial charge in [-0.3, -0.25) is 9.59 Å². The maximum atomic E-state index is 12.9. The summed E-state index contributed by atoms with van der Waals surface area (Å²) in [4.78, 5) is 27.9. The molecule has 0 aromatic heterocycles. The molecule has 0 aliphatic rings. The van der Waals surface area contributed by atoms with Crippen molar-refractivity contribution in [2.24, 2.45) is 0 Å². The van der Waals surface area contributed by atoms with Gasteiger partial charge < -0.3 is 10.2 Å². The van der Waals surface area contributed by atoms with Crippen LogP contribution in [-0.2, 0) is 16.1 Å². The third kappa shape index (κ3) is 6.73. The van der Waals surface area contributed by atoms with Crippen LogP contribution < -0.4 is 5.32 Å². The van der Waals surface area contributed by atoms with E-state index in [1.807, 2.05) is 49.4 Å². The highest BCUT2D eigenvalue weighted by Gasteiger charge is 2.26. The van der Waals surface area contributed by atoms with Crippen LogP contribution in [0.1, 0.15) is 25.8 Å². The smallest absolute Gasteiger partial charge is 0.242 e. The van der Waals surface area contributed by atoms with Gasteiger partial charge in [0.2, 0.25) is 11.8 Å². The lowest BCUT2D eigenvalue weighted by molar-refractivity contribution is -0.140. The van der Waals surface area contributed by atoms with Crippen molar-refractivity contribution in [2.75, 3.05) is 12.3 Å². The van der Waals surface area contributed by atoms with Gasteiger partial charge in [-0.25, -0.2) is 0 Å². The van der Waals surface area contributed by atoms with E-state index in [1.54, 1.807) is 29.7 Å². The van der Waals surface area contributed by atoms with Crippen LogP contribution in [0.15, 0.2) is 53.4 Å². The molecular weight excluding hydrogens is 415 g/mol. The number of benzene rings is 2. The Balaban J connectivity index is 2.06. The van der Waals surface area contributed by atoms with E-state index in [9.17, 15) is 9.59 Å².